The monoisotopic (exact) mass is 538 g/mol. The number of aliphatic hydroxyl groups is 2. The van der Waals surface area contributed by atoms with Crippen molar-refractivity contribution in [2.24, 2.45) is 52.3 Å². The quantitative estimate of drug-likeness (QED) is 0.497. The Morgan fingerprint density at radius 1 is 1.03 bits per heavy atom. The molecule has 4 aliphatic carbocycles. The molecule has 212 valence electrons. The maximum absolute atomic E-state index is 12.7. The summed E-state index contributed by atoms with van der Waals surface area (Å²) < 4.78 is 33.4. The molecule has 0 bridgehead atoms. The molecule has 0 radical (unpaired) electrons. The van der Waals surface area contributed by atoms with Gasteiger partial charge in [0.2, 0.25) is 5.91 Å². The van der Waals surface area contributed by atoms with Crippen LogP contribution >= 0.6 is 0 Å². The zero-order valence-electron chi connectivity index (χ0n) is 23.1. The molecule has 5 fully saturated rings. The van der Waals surface area contributed by atoms with Crippen molar-refractivity contribution in [1.29, 1.82) is 0 Å². The van der Waals surface area contributed by atoms with Gasteiger partial charge in [-0.05, 0) is 104 Å². The standard InChI is InChI=1S/C29H49NO6S/c1-5-20-24-14-18(31)10-12-29(24,4)23-11-13-28(3)21(7-8-22(28)26(23)27(20)33)17(2)6-9-25(32)30-15-19(16-30)37(34,35)36/h17-24,26-27,31,33H,5-16H2,1-4H3,(H,34,35,36)/p-1/t17-,18-,20-,21-,22+,23+,24+,26+,27-,28-,29-/m1/s1. The highest BCUT2D eigenvalue weighted by Crippen LogP contribution is 2.69. The zero-order valence-corrected chi connectivity index (χ0v) is 24.0. The van der Waals surface area contributed by atoms with Crippen molar-refractivity contribution in [1.82, 2.24) is 4.90 Å². The fourth-order valence-corrected chi connectivity index (χ4v) is 11.2. The Kier molecular flexibility index (Phi) is 7.33. The molecule has 5 rings (SSSR count). The normalized spacial score (nSPS) is 46.9. The molecule has 1 saturated heterocycles. The molecule has 0 spiro atoms. The molecule has 0 aromatic rings. The summed E-state index contributed by atoms with van der Waals surface area (Å²) in [5, 5.41) is 21.4. The van der Waals surface area contributed by atoms with E-state index in [1.807, 2.05) is 0 Å². The smallest absolute Gasteiger partial charge is 0.222 e. The molecular weight excluding hydrogens is 490 g/mol. The van der Waals surface area contributed by atoms with E-state index in [4.69, 9.17) is 0 Å². The van der Waals surface area contributed by atoms with Gasteiger partial charge >= 0.3 is 0 Å². The second-order valence-electron chi connectivity index (χ2n) is 14.1. The van der Waals surface area contributed by atoms with Crippen LogP contribution in [0.4, 0.5) is 0 Å². The lowest BCUT2D eigenvalue weighted by atomic mass is 9.41. The van der Waals surface area contributed by atoms with Gasteiger partial charge in [0.1, 0.15) is 10.1 Å². The van der Waals surface area contributed by atoms with Crippen molar-refractivity contribution in [3.05, 3.63) is 0 Å². The van der Waals surface area contributed by atoms with Gasteiger partial charge in [-0.25, -0.2) is 8.42 Å². The first-order valence-corrected chi connectivity index (χ1v) is 16.4. The van der Waals surface area contributed by atoms with Crippen molar-refractivity contribution in [3.63, 3.8) is 0 Å². The number of likely N-dealkylation sites (tertiary alicyclic amines) is 1. The number of hydrogen-bond acceptors (Lipinski definition) is 6. The summed E-state index contributed by atoms with van der Waals surface area (Å²) in [4.78, 5) is 14.2. The molecule has 1 amide bonds. The van der Waals surface area contributed by atoms with Crippen molar-refractivity contribution in [2.45, 2.75) is 109 Å². The van der Waals surface area contributed by atoms with Crippen molar-refractivity contribution >= 4 is 16.0 Å². The number of fused-ring (bicyclic) bond motifs is 5. The molecule has 0 unspecified atom stereocenters. The molecule has 11 atom stereocenters. The molecule has 0 aromatic heterocycles. The average molecular weight is 539 g/mol. The van der Waals surface area contributed by atoms with Gasteiger partial charge in [0, 0.05) is 19.5 Å². The van der Waals surface area contributed by atoms with Crippen LogP contribution < -0.4 is 0 Å². The van der Waals surface area contributed by atoms with E-state index < -0.39 is 15.4 Å². The highest BCUT2D eigenvalue weighted by molar-refractivity contribution is 7.86. The molecule has 0 aromatic carbocycles. The number of carbonyl (C=O) groups excluding carboxylic acids is 1. The van der Waals surface area contributed by atoms with Crippen LogP contribution in [0.5, 0.6) is 0 Å². The Balaban J connectivity index is 1.26. The first kappa shape index (κ1) is 27.9. The number of rotatable bonds is 6. The predicted molar refractivity (Wildman–Crippen MR) is 140 cm³/mol. The Labute approximate surface area is 223 Å². The summed E-state index contributed by atoms with van der Waals surface area (Å²) in [6, 6.07) is 0. The summed E-state index contributed by atoms with van der Waals surface area (Å²) in [5.74, 6) is 2.87. The fraction of sp³-hybridized carbons (Fsp3) is 0.966. The van der Waals surface area contributed by atoms with E-state index in [-0.39, 0.29) is 48.0 Å². The van der Waals surface area contributed by atoms with E-state index in [2.05, 4.69) is 27.7 Å². The number of hydrogen-bond donors (Lipinski definition) is 2. The summed E-state index contributed by atoms with van der Waals surface area (Å²) in [6.45, 7) is 9.48. The van der Waals surface area contributed by atoms with Crippen LogP contribution in [0.25, 0.3) is 0 Å². The van der Waals surface area contributed by atoms with Gasteiger partial charge in [0.05, 0.1) is 17.5 Å². The Bertz CT molecular complexity index is 981. The molecule has 1 aliphatic heterocycles. The van der Waals surface area contributed by atoms with E-state index in [0.29, 0.717) is 41.9 Å². The third-order valence-corrected chi connectivity index (χ3v) is 13.7. The highest BCUT2D eigenvalue weighted by Gasteiger charge is 2.64. The van der Waals surface area contributed by atoms with Crippen LogP contribution in [0, 0.1) is 52.3 Å². The van der Waals surface area contributed by atoms with Gasteiger partial charge in [-0.3, -0.25) is 4.79 Å². The van der Waals surface area contributed by atoms with Crippen molar-refractivity contribution < 1.29 is 28.0 Å². The second kappa shape index (κ2) is 9.74. The Morgan fingerprint density at radius 2 is 1.68 bits per heavy atom. The van der Waals surface area contributed by atoms with Crippen LogP contribution in [0.3, 0.4) is 0 Å². The largest absolute Gasteiger partial charge is 0.748 e. The van der Waals surface area contributed by atoms with Crippen LogP contribution in [0.1, 0.15) is 91.9 Å². The lowest BCUT2D eigenvalue weighted by molar-refractivity contribution is -0.203. The maximum atomic E-state index is 12.7. The minimum absolute atomic E-state index is 0.0397. The number of aliphatic hydroxyl groups excluding tert-OH is 2. The van der Waals surface area contributed by atoms with Gasteiger partial charge in [0.25, 0.3) is 0 Å². The lowest BCUT2D eigenvalue weighted by Crippen LogP contribution is -2.62. The second-order valence-corrected chi connectivity index (χ2v) is 15.7. The van der Waals surface area contributed by atoms with Gasteiger partial charge < -0.3 is 19.7 Å². The van der Waals surface area contributed by atoms with E-state index in [0.717, 1.165) is 51.4 Å². The minimum atomic E-state index is -4.31. The van der Waals surface area contributed by atoms with Crippen LogP contribution in [0.2, 0.25) is 0 Å². The molecule has 8 heteroatoms. The van der Waals surface area contributed by atoms with Gasteiger partial charge in [-0.2, -0.15) is 0 Å². The maximum Gasteiger partial charge on any atom is 0.222 e. The first-order valence-electron chi connectivity index (χ1n) is 14.9. The number of nitrogens with zero attached hydrogens (tertiary/aromatic N) is 1. The molecule has 2 N–H and O–H groups in total. The van der Waals surface area contributed by atoms with Crippen LogP contribution in [-0.4, -0.2) is 64.5 Å². The van der Waals surface area contributed by atoms with Gasteiger partial charge in [-0.1, -0.05) is 34.1 Å². The minimum Gasteiger partial charge on any atom is -0.748 e. The van der Waals surface area contributed by atoms with E-state index >= 15 is 0 Å². The third kappa shape index (κ3) is 4.50. The molecule has 5 aliphatic rings. The fourth-order valence-electron chi connectivity index (χ4n) is 10.5. The average Bonchev–Trinajstić information content (AvgIpc) is 3.14. The SMILES string of the molecule is CC[C@H]1[C@@H](O)[C@@H]2[C@H](CC[C@]3(C)[C@@H]([C@H](C)CCC(=O)N4CC(S(=O)(=O)[O-])C4)CC[C@@H]23)[C@@]2(C)CC[C@@H](O)C[C@@H]12. The van der Waals surface area contributed by atoms with E-state index in [9.17, 15) is 28.0 Å². The first-order chi connectivity index (χ1) is 17.3. The third-order valence-electron chi connectivity index (χ3n) is 12.6. The predicted octanol–water partition coefficient (Wildman–Crippen LogP) is 3.79. The van der Waals surface area contributed by atoms with Crippen LogP contribution in [0.15, 0.2) is 0 Å². The molecule has 1 heterocycles. The van der Waals surface area contributed by atoms with Crippen LogP contribution in [-0.2, 0) is 14.9 Å². The summed E-state index contributed by atoms with van der Waals surface area (Å²) in [7, 11) is -4.31. The molecular formula is C29H48NO6S-. The highest BCUT2D eigenvalue weighted by atomic mass is 32.2. The van der Waals surface area contributed by atoms with Gasteiger partial charge in [0.15, 0.2) is 0 Å². The molecule has 37 heavy (non-hydrogen) atoms. The van der Waals surface area contributed by atoms with Crippen molar-refractivity contribution in [2.75, 3.05) is 13.1 Å². The summed E-state index contributed by atoms with van der Waals surface area (Å²) >= 11 is 0. The van der Waals surface area contributed by atoms with Gasteiger partial charge in [-0.15, -0.1) is 0 Å². The number of carbonyl (C=O) groups is 1. The molecule has 4 saturated carbocycles. The number of amides is 1. The topological polar surface area (TPSA) is 118 Å². The van der Waals surface area contributed by atoms with E-state index in [1.165, 1.54) is 11.3 Å². The summed E-state index contributed by atoms with van der Waals surface area (Å²) in [6.07, 6.45) is 9.02. The lowest BCUT2D eigenvalue weighted by Gasteiger charge is -2.64. The van der Waals surface area contributed by atoms with E-state index in [1.54, 1.807) is 0 Å². The molecule has 7 nitrogen and oxygen atoms in total. The van der Waals surface area contributed by atoms with Crippen molar-refractivity contribution in [3.8, 4) is 0 Å². The Morgan fingerprint density at radius 3 is 2.32 bits per heavy atom. The Hall–Kier alpha value is -0.700. The summed E-state index contributed by atoms with van der Waals surface area (Å²) in [5.41, 5.74) is 0.368. The zero-order chi connectivity index (χ0) is 26.9.